The fourth-order valence-corrected chi connectivity index (χ4v) is 4.30. The Labute approximate surface area is 165 Å². The molecule has 1 N–H and O–H groups in total. The Hall–Kier alpha value is -2.65. The molecule has 0 spiro atoms. The lowest BCUT2D eigenvalue weighted by Crippen LogP contribution is -2.24. The van der Waals surface area contributed by atoms with E-state index in [-0.39, 0.29) is 10.5 Å². The number of nitrogens with one attached hydrogen (secondary N) is 1. The second-order valence-electron chi connectivity index (χ2n) is 6.69. The molecular formula is C20H18F4N2O2S. The second-order valence-corrected chi connectivity index (χ2v) is 8.43. The molecule has 0 fully saturated rings. The minimum Gasteiger partial charge on any atom is -0.377 e. The number of rotatable bonds is 5. The van der Waals surface area contributed by atoms with E-state index in [9.17, 15) is 26.0 Å². The lowest BCUT2D eigenvalue weighted by molar-refractivity contribution is -0.137. The van der Waals surface area contributed by atoms with Gasteiger partial charge in [-0.05, 0) is 35.9 Å². The number of nitrogens with zero attached hydrogens (tertiary/aromatic N) is 1. The van der Waals surface area contributed by atoms with Crippen molar-refractivity contribution in [2.24, 2.45) is 0 Å². The van der Waals surface area contributed by atoms with Gasteiger partial charge in [-0.2, -0.15) is 13.2 Å². The summed E-state index contributed by atoms with van der Waals surface area (Å²) in [5.41, 5.74) is -0.484. The molecule has 0 aromatic heterocycles. The molecule has 0 heterocycles. The number of fused-ring (bicyclic) bond motifs is 1. The maximum Gasteiger partial charge on any atom is 0.416 e. The highest BCUT2D eigenvalue weighted by molar-refractivity contribution is 7.89. The van der Waals surface area contributed by atoms with Crippen LogP contribution in [-0.4, -0.2) is 22.5 Å². The van der Waals surface area contributed by atoms with E-state index in [0.717, 1.165) is 17.8 Å². The van der Waals surface area contributed by atoms with Gasteiger partial charge in [-0.25, -0.2) is 17.5 Å². The van der Waals surface area contributed by atoms with Crippen LogP contribution in [0.5, 0.6) is 0 Å². The van der Waals surface area contributed by atoms with Gasteiger partial charge < -0.3 is 4.90 Å². The van der Waals surface area contributed by atoms with Crippen molar-refractivity contribution in [1.29, 1.82) is 0 Å². The number of hydrogen-bond acceptors (Lipinski definition) is 3. The van der Waals surface area contributed by atoms with Crippen molar-refractivity contribution in [3.05, 3.63) is 71.5 Å². The van der Waals surface area contributed by atoms with Crippen molar-refractivity contribution in [3.8, 4) is 0 Å². The molecule has 0 radical (unpaired) electrons. The molecule has 0 aliphatic heterocycles. The standard InChI is InChI=1S/C20H18F4N2O2S/c1-26(2)18-7-3-6-17-16(18)5-4-8-19(17)29(27,28)25-12-13-9-14(20(22,23)24)11-15(21)10-13/h3-11,25H,12H2,1-2H3. The first-order valence-electron chi connectivity index (χ1n) is 8.54. The fraction of sp³-hybridized carbons (Fsp3) is 0.200. The van der Waals surface area contributed by atoms with Crippen LogP contribution in [0.15, 0.2) is 59.5 Å². The number of alkyl halides is 3. The number of anilines is 1. The summed E-state index contributed by atoms with van der Waals surface area (Å²) in [4.78, 5) is 1.84. The first kappa shape index (κ1) is 21.1. The van der Waals surface area contributed by atoms with Crippen LogP contribution in [0.3, 0.4) is 0 Å². The van der Waals surface area contributed by atoms with Gasteiger partial charge in [-0.1, -0.05) is 24.3 Å². The van der Waals surface area contributed by atoms with E-state index in [2.05, 4.69) is 4.72 Å². The lowest BCUT2D eigenvalue weighted by atomic mass is 10.1. The van der Waals surface area contributed by atoms with E-state index in [4.69, 9.17) is 0 Å². The summed E-state index contributed by atoms with van der Waals surface area (Å²) in [5.74, 6) is -1.09. The van der Waals surface area contributed by atoms with Gasteiger partial charge in [0.15, 0.2) is 0 Å². The summed E-state index contributed by atoms with van der Waals surface area (Å²) in [6, 6.07) is 12.0. The molecular weight excluding hydrogens is 408 g/mol. The van der Waals surface area contributed by atoms with Crippen LogP contribution in [0.25, 0.3) is 10.8 Å². The third-order valence-electron chi connectivity index (χ3n) is 4.38. The van der Waals surface area contributed by atoms with Crippen molar-refractivity contribution in [1.82, 2.24) is 4.72 Å². The molecule has 0 atom stereocenters. The Balaban J connectivity index is 1.96. The molecule has 0 saturated carbocycles. The fourth-order valence-electron chi connectivity index (χ4n) is 3.06. The van der Waals surface area contributed by atoms with Gasteiger partial charge >= 0.3 is 6.18 Å². The van der Waals surface area contributed by atoms with Crippen LogP contribution in [0.2, 0.25) is 0 Å². The van der Waals surface area contributed by atoms with E-state index < -0.39 is 34.1 Å². The third-order valence-corrected chi connectivity index (χ3v) is 5.84. The zero-order chi connectivity index (χ0) is 21.4. The lowest BCUT2D eigenvalue weighted by Gasteiger charge is -2.17. The molecule has 0 saturated heterocycles. The molecule has 3 rings (SSSR count). The molecule has 0 bridgehead atoms. The average Bonchev–Trinajstić information content (AvgIpc) is 2.64. The Morgan fingerprint density at radius 1 is 0.966 bits per heavy atom. The number of hydrogen-bond donors (Lipinski definition) is 1. The predicted molar refractivity (Wildman–Crippen MR) is 104 cm³/mol. The zero-order valence-corrected chi connectivity index (χ0v) is 16.4. The summed E-state index contributed by atoms with van der Waals surface area (Å²) in [7, 11) is -0.401. The van der Waals surface area contributed by atoms with Crippen LogP contribution < -0.4 is 9.62 Å². The second kappa shape index (κ2) is 7.64. The first-order chi connectivity index (χ1) is 13.5. The smallest absolute Gasteiger partial charge is 0.377 e. The molecule has 4 nitrogen and oxygen atoms in total. The number of sulfonamides is 1. The number of benzene rings is 3. The minimum absolute atomic E-state index is 0.00820. The van der Waals surface area contributed by atoms with Crippen LogP contribution in [0, 0.1) is 5.82 Å². The molecule has 154 valence electrons. The highest BCUT2D eigenvalue weighted by atomic mass is 32.2. The molecule has 29 heavy (non-hydrogen) atoms. The van der Waals surface area contributed by atoms with Crippen LogP contribution in [0.4, 0.5) is 23.2 Å². The maximum absolute atomic E-state index is 13.5. The SMILES string of the molecule is CN(C)c1cccc2c(S(=O)(=O)NCc3cc(F)cc(C(F)(F)F)c3)cccc12. The van der Waals surface area contributed by atoms with Crippen LogP contribution >= 0.6 is 0 Å². The van der Waals surface area contributed by atoms with Gasteiger partial charge in [0.2, 0.25) is 10.0 Å². The topological polar surface area (TPSA) is 49.4 Å². The molecule has 0 aliphatic carbocycles. The van der Waals surface area contributed by atoms with Crippen LogP contribution in [0.1, 0.15) is 11.1 Å². The first-order valence-corrected chi connectivity index (χ1v) is 10.0. The van der Waals surface area contributed by atoms with Gasteiger partial charge in [-0.3, -0.25) is 0 Å². The molecule has 3 aromatic rings. The molecule has 0 unspecified atom stereocenters. The van der Waals surface area contributed by atoms with Crippen molar-refractivity contribution >= 4 is 26.5 Å². The zero-order valence-electron chi connectivity index (χ0n) is 15.6. The predicted octanol–water partition coefficient (Wildman–Crippen LogP) is 4.54. The molecule has 0 aliphatic rings. The van der Waals surface area contributed by atoms with Crippen molar-refractivity contribution in [3.63, 3.8) is 0 Å². The van der Waals surface area contributed by atoms with E-state index in [1.54, 1.807) is 24.3 Å². The van der Waals surface area contributed by atoms with Gasteiger partial charge in [0, 0.05) is 37.1 Å². The van der Waals surface area contributed by atoms with Gasteiger partial charge in [0.05, 0.1) is 10.5 Å². The summed E-state index contributed by atoms with van der Waals surface area (Å²) in [5, 5.41) is 1.19. The summed E-state index contributed by atoms with van der Waals surface area (Å²) in [6.07, 6.45) is -4.73. The average molecular weight is 426 g/mol. The Morgan fingerprint density at radius 2 is 1.62 bits per heavy atom. The molecule has 3 aromatic carbocycles. The highest BCUT2D eigenvalue weighted by Gasteiger charge is 2.31. The summed E-state index contributed by atoms with van der Waals surface area (Å²) < 4.78 is 80.0. The Kier molecular flexibility index (Phi) is 5.55. The monoisotopic (exact) mass is 426 g/mol. The van der Waals surface area contributed by atoms with Crippen molar-refractivity contribution in [2.75, 3.05) is 19.0 Å². The highest BCUT2D eigenvalue weighted by Crippen LogP contribution is 2.32. The number of halogens is 4. The Bertz CT molecular complexity index is 1160. The van der Waals surface area contributed by atoms with E-state index in [1.165, 1.54) is 6.07 Å². The van der Waals surface area contributed by atoms with Crippen LogP contribution in [-0.2, 0) is 22.7 Å². The van der Waals surface area contributed by atoms with Crippen molar-refractivity contribution < 1.29 is 26.0 Å². The normalized spacial score (nSPS) is 12.3. The third kappa shape index (κ3) is 4.51. The molecule has 0 amide bonds. The minimum atomic E-state index is -4.73. The Morgan fingerprint density at radius 3 is 2.28 bits per heavy atom. The van der Waals surface area contributed by atoms with E-state index in [0.29, 0.717) is 16.8 Å². The summed E-state index contributed by atoms with van der Waals surface area (Å²) in [6.45, 7) is -0.479. The summed E-state index contributed by atoms with van der Waals surface area (Å²) >= 11 is 0. The molecule has 9 heteroatoms. The van der Waals surface area contributed by atoms with E-state index >= 15 is 0 Å². The van der Waals surface area contributed by atoms with Crippen molar-refractivity contribution in [2.45, 2.75) is 17.6 Å². The largest absolute Gasteiger partial charge is 0.416 e. The maximum atomic E-state index is 13.5. The quantitative estimate of drug-likeness (QED) is 0.610. The van der Waals surface area contributed by atoms with Gasteiger partial charge in [0.25, 0.3) is 0 Å². The van der Waals surface area contributed by atoms with Gasteiger partial charge in [-0.15, -0.1) is 0 Å². The van der Waals surface area contributed by atoms with E-state index in [1.807, 2.05) is 25.1 Å². The van der Waals surface area contributed by atoms with Gasteiger partial charge in [0.1, 0.15) is 5.82 Å².